The van der Waals surface area contributed by atoms with Crippen LogP contribution in [0.3, 0.4) is 0 Å². The molecule has 0 saturated carbocycles. The molecule has 0 aliphatic carbocycles. The van der Waals surface area contributed by atoms with Crippen molar-refractivity contribution < 1.29 is 9.59 Å². The second kappa shape index (κ2) is 4.97. The molecule has 6 nitrogen and oxygen atoms in total. The average molecular weight is 275 g/mol. The van der Waals surface area contributed by atoms with Crippen LogP contribution < -0.4 is 5.32 Å². The Morgan fingerprint density at radius 2 is 2.29 bits per heavy atom. The fourth-order valence-electron chi connectivity index (χ4n) is 1.78. The third-order valence-corrected chi connectivity index (χ3v) is 3.47. The predicted octanol–water partition coefficient (Wildman–Crippen LogP) is 0.542. The number of halogens is 1. The van der Waals surface area contributed by atoms with E-state index in [1.54, 1.807) is 4.90 Å². The van der Waals surface area contributed by atoms with Gasteiger partial charge in [0, 0.05) is 26.1 Å². The number of carbonyl (C=O) groups excluding carboxylic acids is 2. The number of aromatic nitrogens is 2. The molecule has 1 unspecified atom stereocenters. The van der Waals surface area contributed by atoms with E-state index in [1.807, 2.05) is 0 Å². The molecule has 0 radical (unpaired) electrons. The molecule has 1 aliphatic rings. The van der Waals surface area contributed by atoms with Crippen LogP contribution in [0.2, 0.25) is 4.47 Å². The molecule has 2 amide bonds. The van der Waals surface area contributed by atoms with E-state index >= 15 is 0 Å². The highest BCUT2D eigenvalue weighted by atomic mass is 35.5. The predicted molar refractivity (Wildman–Crippen MR) is 63.0 cm³/mol. The van der Waals surface area contributed by atoms with Gasteiger partial charge in [-0.15, -0.1) is 10.2 Å². The van der Waals surface area contributed by atoms with Crippen LogP contribution in [-0.4, -0.2) is 46.0 Å². The molecule has 1 atom stereocenters. The molecule has 0 aromatic carbocycles. The molecule has 8 heteroatoms. The first-order chi connectivity index (χ1) is 8.06. The van der Waals surface area contributed by atoms with Crippen molar-refractivity contribution in [2.24, 2.45) is 0 Å². The standard InChI is InChI=1S/C9H11ClN4O2S/c1-5(15)11-6-2-3-14(4-6)8(16)7-12-13-9(10)17-7/h6H,2-4H2,1H3,(H,11,15). The monoisotopic (exact) mass is 274 g/mol. The van der Waals surface area contributed by atoms with E-state index in [0.717, 1.165) is 17.8 Å². The maximum Gasteiger partial charge on any atom is 0.284 e. The molecule has 1 aliphatic heterocycles. The van der Waals surface area contributed by atoms with Crippen molar-refractivity contribution in [1.29, 1.82) is 0 Å². The van der Waals surface area contributed by atoms with Gasteiger partial charge < -0.3 is 10.2 Å². The zero-order chi connectivity index (χ0) is 12.4. The van der Waals surface area contributed by atoms with Crippen molar-refractivity contribution in [2.45, 2.75) is 19.4 Å². The Kier molecular flexibility index (Phi) is 3.58. The van der Waals surface area contributed by atoms with Crippen LogP contribution in [0, 0.1) is 0 Å². The molecule has 0 spiro atoms. The van der Waals surface area contributed by atoms with Gasteiger partial charge in [-0.2, -0.15) is 0 Å². The molecule has 1 fully saturated rings. The summed E-state index contributed by atoms with van der Waals surface area (Å²) in [7, 11) is 0. The minimum Gasteiger partial charge on any atom is -0.352 e. The third kappa shape index (κ3) is 2.92. The highest BCUT2D eigenvalue weighted by molar-refractivity contribution is 7.17. The zero-order valence-electron chi connectivity index (χ0n) is 9.14. The second-order valence-corrected chi connectivity index (χ2v) is 5.36. The topological polar surface area (TPSA) is 75.2 Å². The maximum atomic E-state index is 12.0. The molecule has 92 valence electrons. The van der Waals surface area contributed by atoms with E-state index in [1.165, 1.54) is 6.92 Å². The number of carbonyl (C=O) groups is 2. The summed E-state index contributed by atoms with van der Waals surface area (Å²) in [6, 6.07) is 0.0276. The normalized spacial score (nSPS) is 19.4. The smallest absolute Gasteiger partial charge is 0.284 e. The van der Waals surface area contributed by atoms with Crippen molar-refractivity contribution in [3.63, 3.8) is 0 Å². The molecule has 0 bridgehead atoms. The zero-order valence-corrected chi connectivity index (χ0v) is 10.7. The van der Waals surface area contributed by atoms with Crippen molar-refractivity contribution in [1.82, 2.24) is 20.4 Å². The molecule has 1 saturated heterocycles. The van der Waals surface area contributed by atoms with Gasteiger partial charge in [-0.3, -0.25) is 9.59 Å². The van der Waals surface area contributed by atoms with Gasteiger partial charge in [0.05, 0.1) is 0 Å². The summed E-state index contributed by atoms with van der Waals surface area (Å²) >= 11 is 6.69. The highest BCUT2D eigenvalue weighted by Gasteiger charge is 2.29. The van der Waals surface area contributed by atoms with E-state index < -0.39 is 0 Å². The summed E-state index contributed by atoms with van der Waals surface area (Å²) in [5.41, 5.74) is 0. The largest absolute Gasteiger partial charge is 0.352 e. The third-order valence-electron chi connectivity index (χ3n) is 2.47. The molecule has 2 heterocycles. The Morgan fingerprint density at radius 1 is 1.53 bits per heavy atom. The highest BCUT2D eigenvalue weighted by Crippen LogP contribution is 2.19. The van der Waals surface area contributed by atoms with Gasteiger partial charge in [-0.1, -0.05) is 11.3 Å². The Balaban J connectivity index is 1.96. The number of nitrogens with one attached hydrogen (secondary N) is 1. The van der Waals surface area contributed by atoms with Gasteiger partial charge in [0.2, 0.25) is 15.4 Å². The van der Waals surface area contributed by atoms with Gasteiger partial charge >= 0.3 is 0 Å². The number of rotatable bonds is 2. The van der Waals surface area contributed by atoms with Crippen LogP contribution in [-0.2, 0) is 4.79 Å². The van der Waals surface area contributed by atoms with Gasteiger partial charge in [0.25, 0.3) is 5.91 Å². The maximum absolute atomic E-state index is 12.0. The fourth-order valence-corrected chi connectivity index (χ4v) is 2.57. The summed E-state index contributed by atoms with van der Waals surface area (Å²) in [6.07, 6.45) is 0.762. The fraction of sp³-hybridized carbons (Fsp3) is 0.556. The average Bonchev–Trinajstić information content (AvgIpc) is 2.85. The Morgan fingerprint density at radius 3 is 2.88 bits per heavy atom. The Hall–Kier alpha value is -1.21. The number of nitrogens with zero attached hydrogens (tertiary/aromatic N) is 3. The first-order valence-corrected chi connectivity index (χ1v) is 6.31. The van der Waals surface area contributed by atoms with E-state index in [9.17, 15) is 9.59 Å². The Bertz CT molecular complexity index is 450. The second-order valence-electron chi connectivity index (χ2n) is 3.80. The molecule has 1 N–H and O–H groups in total. The number of hydrogen-bond acceptors (Lipinski definition) is 5. The van der Waals surface area contributed by atoms with E-state index in [0.29, 0.717) is 18.1 Å². The molecule has 17 heavy (non-hydrogen) atoms. The molecule has 1 aromatic rings. The van der Waals surface area contributed by atoms with Gasteiger partial charge in [-0.05, 0) is 18.0 Å². The lowest BCUT2D eigenvalue weighted by Crippen LogP contribution is -2.37. The number of amides is 2. The van der Waals surface area contributed by atoms with Crippen LogP contribution in [0.4, 0.5) is 0 Å². The van der Waals surface area contributed by atoms with Crippen molar-refractivity contribution in [2.75, 3.05) is 13.1 Å². The van der Waals surface area contributed by atoms with Crippen LogP contribution in [0.25, 0.3) is 0 Å². The summed E-state index contributed by atoms with van der Waals surface area (Å²) in [4.78, 5) is 24.5. The van der Waals surface area contributed by atoms with Gasteiger partial charge in [0.15, 0.2) is 0 Å². The Labute approximate surface area is 107 Å². The van der Waals surface area contributed by atoms with Crippen LogP contribution in [0.5, 0.6) is 0 Å². The summed E-state index contributed by atoms with van der Waals surface area (Å²) in [5, 5.41) is 10.4. The lowest BCUT2D eigenvalue weighted by Gasteiger charge is -2.14. The van der Waals surface area contributed by atoms with Crippen LogP contribution >= 0.6 is 22.9 Å². The summed E-state index contributed by atoms with van der Waals surface area (Å²) in [5.74, 6) is -0.259. The first kappa shape index (κ1) is 12.3. The minimum atomic E-state index is -0.178. The van der Waals surface area contributed by atoms with E-state index in [2.05, 4.69) is 15.5 Å². The molecule has 2 rings (SSSR count). The van der Waals surface area contributed by atoms with Crippen LogP contribution in [0.1, 0.15) is 23.1 Å². The SMILES string of the molecule is CC(=O)NC1CCN(C(=O)c2nnc(Cl)s2)C1. The van der Waals surface area contributed by atoms with Crippen LogP contribution in [0.15, 0.2) is 0 Å². The number of hydrogen-bond donors (Lipinski definition) is 1. The summed E-state index contributed by atoms with van der Waals surface area (Å²) < 4.78 is 0.256. The molecular weight excluding hydrogens is 264 g/mol. The van der Waals surface area contributed by atoms with Gasteiger partial charge in [0.1, 0.15) is 0 Å². The van der Waals surface area contributed by atoms with Gasteiger partial charge in [-0.25, -0.2) is 0 Å². The lowest BCUT2D eigenvalue weighted by atomic mass is 10.3. The summed E-state index contributed by atoms with van der Waals surface area (Å²) in [6.45, 7) is 2.59. The lowest BCUT2D eigenvalue weighted by molar-refractivity contribution is -0.119. The first-order valence-electron chi connectivity index (χ1n) is 5.11. The molecule has 1 aromatic heterocycles. The van der Waals surface area contributed by atoms with E-state index in [4.69, 9.17) is 11.6 Å². The van der Waals surface area contributed by atoms with Crippen molar-refractivity contribution >= 4 is 34.8 Å². The van der Waals surface area contributed by atoms with Crippen molar-refractivity contribution in [3.8, 4) is 0 Å². The molecular formula is C9H11ClN4O2S. The minimum absolute atomic E-state index is 0.0276. The van der Waals surface area contributed by atoms with E-state index in [-0.39, 0.29) is 22.3 Å². The van der Waals surface area contributed by atoms with Crippen molar-refractivity contribution in [3.05, 3.63) is 9.47 Å². The quantitative estimate of drug-likeness (QED) is 0.854. The number of likely N-dealkylation sites (tertiary alicyclic amines) is 1.